The maximum absolute atomic E-state index is 4.05. The van der Waals surface area contributed by atoms with Gasteiger partial charge in [0.2, 0.25) is 0 Å². The Labute approximate surface area is 93.5 Å². The predicted molar refractivity (Wildman–Crippen MR) is 60.0 cm³/mol. The number of aromatic nitrogens is 5. The highest BCUT2D eigenvalue weighted by Gasteiger charge is 1.97. The Balaban J connectivity index is 1.72. The van der Waals surface area contributed by atoms with Crippen molar-refractivity contribution in [2.45, 2.75) is 19.8 Å². The lowest BCUT2D eigenvalue weighted by Crippen LogP contribution is -2.06. The molecule has 2 N–H and O–H groups in total. The average Bonchev–Trinajstić information content (AvgIpc) is 2.77. The van der Waals surface area contributed by atoms with Crippen LogP contribution in [0.4, 0.5) is 5.82 Å². The van der Waals surface area contributed by atoms with E-state index in [9.17, 15) is 0 Å². The summed E-state index contributed by atoms with van der Waals surface area (Å²) in [7, 11) is 0. The highest BCUT2D eigenvalue weighted by Crippen LogP contribution is 2.03. The van der Waals surface area contributed by atoms with Crippen LogP contribution in [-0.2, 0) is 6.42 Å². The van der Waals surface area contributed by atoms with Crippen LogP contribution >= 0.6 is 0 Å². The molecule has 0 saturated carbocycles. The third-order valence-corrected chi connectivity index (χ3v) is 2.15. The van der Waals surface area contributed by atoms with Crippen LogP contribution in [0.25, 0.3) is 0 Å². The van der Waals surface area contributed by atoms with Crippen molar-refractivity contribution in [1.82, 2.24) is 25.4 Å². The summed E-state index contributed by atoms with van der Waals surface area (Å²) in [6.45, 7) is 2.84. The zero-order valence-corrected chi connectivity index (χ0v) is 9.14. The van der Waals surface area contributed by atoms with Crippen LogP contribution in [0.2, 0.25) is 0 Å². The number of rotatable bonds is 5. The number of hydrogen-bond acceptors (Lipinski definition) is 5. The molecule has 84 valence electrons. The second-order valence-corrected chi connectivity index (χ2v) is 3.58. The number of nitrogens with zero attached hydrogens (tertiary/aromatic N) is 4. The fourth-order valence-corrected chi connectivity index (χ4v) is 1.37. The molecule has 0 aliphatic carbocycles. The summed E-state index contributed by atoms with van der Waals surface area (Å²) in [5, 5.41) is 17.7. The molecule has 6 heteroatoms. The summed E-state index contributed by atoms with van der Waals surface area (Å²) >= 11 is 0. The molecule has 0 unspecified atom stereocenters. The number of hydrogen-bond donors (Lipinski definition) is 2. The van der Waals surface area contributed by atoms with Crippen LogP contribution in [-0.4, -0.2) is 31.9 Å². The maximum atomic E-state index is 4.05. The van der Waals surface area contributed by atoms with Gasteiger partial charge in [-0.25, -0.2) is 4.98 Å². The Kier molecular flexibility index (Phi) is 3.42. The minimum Gasteiger partial charge on any atom is -0.369 e. The van der Waals surface area contributed by atoms with E-state index in [0.29, 0.717) is 0 Å². The van der Waals surface area contributed by atoms with Crippen LogP contribution < -0.4 is 5.32 Å². The third kappa shape index (κ3) is 3.01. The lowest BCUT2D eigenvalue weighted by atomic mass is 10.3. The normalized spacial score (nSPS) is 10.3. The molecular weight excluding hydrogens is 204 g/mol. The molecule has 2 aromatic rings. The van der Waals surface area contributed by atoms with E-state index in [1.807, 2.05) is 13.0 Å². The topological polar surface area (TPSA) is 79.4 Å². The number of nitrogens with one attached hydrogen (secondary N) is 2. The summed E-state index contributed by atoms with van der Waals surface area (Å²) in [5.74, 6) is 1.73. The van der Waals surface area contributed by atoms with Crippen LogP contribution in [0.5, 0.6) is 0 Å². The van der Waals surface area contributed by atoms with Crippen molar-refractivity contribution in [3.63, 3.8) is 0 Å². The molecule has 0 saturated heterocycles. The van der Waals surface area contributed by atoms with E-state index < -0.39 is 0 Å². The molecule has 2 heterocycles. The van der Waals surface area contributed by atoms with Gasteiger partial charge in [0.25, 0.3) is 0 Å². The molecule has 0 fully saturated rings. The first kappa shape index (κ1) is 10.5. The van der Waals surface area contributed by atoms with Crippen LogP contribution in [0.15, 0.2) is 18.6 Å². The first-order chi connectivity index (χ1) is 7.84. The predicted octanol–water partition coefficient (Wildman–Crippen LogP) is 0.948. The van der Waals surface area contributed by atoms with Gasteiger partial charge < -0.3 is 5.32 Å². The highest BCUT2D eigenvalue weighted by molar-refractivity contribution is 5.34. The van der Waals surface area contributed by atoms with Gasteiger partial charge in [-0.05, 0) is 25.0 Å². The van der Waals surface area contributed by atoms with E-state index >= 15 is 0 Å². The number of aromatic amines is 1. The molecule has 0 aliphatic heterocycles. The first-order valence-electron chi connectivity index (χ1n) is 5.22. The lowest BCUT2D eigenvalue weighted by Gasteiger charge is -2.03. The van der Waals surface area contributed by atoms with Crippen molar-refractivity contribution in [2.75, 3.05) is 11.9 Å². The van der Waals surface area contributed by atoms with Crippen LogP contribution in [0.1, 0.15) is 17.8 Å². The van der Waals surface area contributed by atoms with Crippen molar-refractivity contribution in [3.05, 3.63) is 30.0 Å². The Morgan fingerprint density at radius 1 is 1.44 bits per heavy atom. The van der Waals surface area contributed by atoms with Crippen molar-refractivity contribution in [1.29, 1.82) is 0 Å². The maximum Gasteiger partial charge on any atom is 0.148 e. The van der Waals surface area contributed by atoms with E-state index in [4.69, 9.17) is 0 Å². The molecule has 16 heavy (non-hydrogen) atoms. The number of aryl methyl sites for hydroxylation is 2. The van der Waals surface area contributed by atoms with Gasteiger partial charge in [0.05, 0.1) is 6.20 Å². The molecule has 0 bridgehead atoms. The Hall–Kier alpha value is -1.98. The summed E-state index contributed by atoms with van der Waals surface area (Å²) in [5.41, 5.74) is 1.10. The highest BCUT2D eigenvalue weighted by atomic mass is 15.2. The molecule has 0 aliphatic rings. The molecule has 0 atom stereocenters. The summed E-state index contributed by atoms with van der Waals surface area (Å²) in [6, 6.07) is 1.97. The monoisotopic (exact) mass is 218 g/mol. The van der Waals surface area contributed by atoms with Crippen molar-refractivity contribution in [3.8, 4) is 0 Å². The van der Waals surface area contributed by atoms with Crippen molar-refractivity contribution < 1.29 is 0 Å². The van der Waals surface area contributed by atoms with Gasteiger partial charge in [0, 0.05) is 13.0 Å². The smallest absolute Gasteiger partial charge is 0.148 e. The number of H-pyrrole nitrogens is 1. The first-order valence-corrected chi connectivity index (χ1v) is 5.22. The van der Waals surface area contributed by atoms with Gasteiger partial charge >= 0.3 is 0 Å². The SMILES string of the molecule is Cc1cnnc(NCCCc2ncn[nH]2)c1. The number of anilines is 1. The van der Waals surface area contributed by atoms with E-state index in [1.165, 1.54) is 6.33 Å². The second-order valence-electron chi connectivity index (χ2n) is 3.58. The second kappa shape index (κ2) is 5.20. The quantitative estimate of drug-likeness (QED) is 0.730. The van der Waals surface area contributed by atoms with E-state index in [0.717, 1.165) is 36.6 Å². The minimum atomic E-state index is 0.817. The van der Waals surface area contributed by atoms with Crippen molar-refractivity contribution in [2.24, 2.45) is 0 Å². The molecule has 0 amide bonds. The zero-order valence-electron chi connectivity index (χ0n) is 9.14. The largest absolute Gasteiger partial charge is 0.369 e. The summed E-state index contributed by atoms with van der Waals surface area (Å²) in [4.78, 5) is 4.05. The molecule has 0 spiro atoms. The van der Waals surface area contributed by atoms with Gasteiger partial charge in [-0.1, -0.05) is 0 Å². The summed E-state index contributed by atoms with van der Waals surface area (Å²) in [6.07, 6.45) is 5.12. The molecule has 2 rings (SSSR count). The molecule has 6 nitrogen and oxygen atoms in total. The molecule has 0 radical (unpaired) electrons. The van der Waals surface area contributed by atoms with Gasteiger partial charge in [0.1, 0.15) is 18.0 Å². The molecule has 2 aromatic heterocycles. The van der Waals surface area contributed by atoms with Gasteiger partial charge in [-0.2, -0.15) is 10.2 Å². The van der Waals surface area contributed by atoms with E-state index in [-0.39, 0.29) is 0 Å². The van der Waals surface area contributed by atoms with Gasteiger partial charge in [-0.15, -0.1) is 5.10 Å². The Morgan fingerprint density at radius 2 is 2.38 bits per heavy atom. The fraction of sp³-hybridized carbons (Fsp3) is 0.400. The Morgan fingerprint density at radius 3 is 3.12 bits per heavy atom. The third-order valence-electron chi connectivity index (χ3n) is 2.15. The zero-order chi connectivity index (χ0) is 11.2. The minimum absolute atomic E-state index is 0.817. The van der Waals surface area contributed by atoms with Crippen LogP contribution in [0, 0.1) is 6.92 Å². The van der Waals surface area contributed by atoms with Crippen LogP contribution in [0.3, 0.4) is 0 Å². The fourth-order valence-electron chi connectivity index (χ4n) is 1.37. The summed E-state index contributed by atoms with van der Waals surface area (Å²) < 4.78 is 0. The van der Waals surface area contributed by atoms with Gasteiger partial charge in [0.15, 0.2) is 0 Å². The van der Waals surface area contributed by atoms with E-state index in [1.54, 1.807) is 6.20 Å². The van der Waals surface area contributed by atoms with Crippen molar-refractivity contribution >= 4 is 5.82 Å². The Bertz CT molecular complexity index is 425. The van der Waals surface area contributed by atoms with E-state index in [2.05, 4.69) is 30.7 Å². The molecular formula is C10H14N6. The van der Waals surface area contributed by atoms with Gasteiger partial charge in [-0.3, -0.25) is 5.10 Å². The lowest BCUT2D eigenvalue weighted by molar-refractivity contribution is 0.801. The standard InChI is InChI=1S/C10H14N6/c1-8-5-10(16-13-6-8)11-4-2-3-9-12-7-14-15-9/h5-7H,2-4H2,1H3,(H,11,16)(H,12,14,15). The average molecular weight is 218 g/mol. The molecule has 0 aromatic carbocycles.